The topological polar surface area (TPSA) is 79.5 Å². The summed E-state index contributed by atoms with van der Waals surface area (Å²) in [7, 11) is 3.03. The Kier molecular flexibility index (Phi) is 5.86. The summed E-state index contributed by atoms with van der Waals surface area (Å²) >= 11 is 5.16. The van der Waals surface area contributed by atoms with E-state index in [0.29, 0.717) is 22.6 Å². The molecule has 0 fully saturated rings. The molecular weight excluding hydrogens is 326 g/mol. The normalized spacial score (nSPS) is 9.75. The smallest absolute Gasteiger partial charge is 0.261 e. The van der Waals surface area contributed by atoms with E-state index in [9.17, 15) is 9.59 Å². The maximum absolute atomic E-state index is 12.3. The molecule has 0 radical (unpaired) electrons. The molecule has 2 aromatic rings. The average Bonchev–Trinajstić information content (AvgIpc) is 2.61. The zero-order valence-corrected chi connectivity index (χ0v) is 14.1. The van der Waals surface area contributed by atoms with Gasteiger partial charge < -0.3 is 15.4 Å². The van der Waals surface area contributed by atoms with E-state index >= 15 is 0 Å². The Bertz CT molecular complexity index is 777. The largest absolute Gasteiger partial charge is 0.496 e. The molecule has 7 heteroatoms. The highest BCUT2D eigenvalue weighted by Crippen LogP contribution is 2.17. The van der Waals surface area contributed by atoms with E-state index in [1.807, 2.05) is 0 Å². The third-order valence-electron chi connectivity index (χ3n) is 3.23. The third kappa shape index (κ3) is 4.08. The molecule has 0 saturated heterocycles. The maximum atomic E-state index is 12.3. The van der Waals surface area contributed by atoms with Crippen LogP contribution in [-0.2, 0) is 0 Å². The van der Waals surface area contributed by atoms with Crippen molar-refractivity contribution in [2.45, 2.75) is 0 Å². The molecule has 3 N–H and O–H groups in total. The lowest BCUT2D eigenvalue weighted by molar-refractivity contribution is 0.0960. The van der Waals surface area contributed by atoms with Gasteiger partial charge in [0.1, 0.15) is 5.75 Å². The SMILES string of the molecule is CNC(=O)c1ccccc1NC(=S)NC(=O)c1ccccc1OC. The summed E-state index contributed by atoms with van der Waals surface area (Å²) in [5.74, 6) is -0.206. The van der Waals surface area contributed by atoms with Gasteiger partial charge in [-0.15, -0.1) is 0 Å². The quantitative estimate of drug-likeness (QED) is 0.742. The van der Waals surface area contributed by atoms with Crippen LogP contribution in [0, 0.1) is 0 Å². The summed E-state index contributed by atoms with van der Waals surface area (Å²) in [6.07, 6.45) is 0. The van der Waals surface area contributed by atoms with Gasteiger partial charge in [-0.25, -0.2) is 0 Å². The van der Waals surface area contributed by atoms with Crippen LogP contribution in [-0.4, -0.2) is 31.1 Å². The Morgan fingerprint density at radius 2 is 1.58 bits per heavy atom. The molecule has 2 rings (SSSR count). The summed E-state index contributed by atoms with van der Waals surface area (Å²) in [4.78, 5) is 24.1. The predicted molar refractivity (Wildman–Crippen MR) is 96.5 cm³/mol. The molecule has 0 aliphatic heterocycles. The van der Waals surface area contributed by atoms with E-state index in [2.05, 4.69) is 16.0 Å². The highest BCUT2D eigenvalue weighted by molar-refractivity contribution is 7.80. The Morgan fingerprint density at radius 1 is 0.958 bits per heavy atom. The highest BCUT2D eigenvalue weighted by Gasteiger charge is 2.14. The number of hydrogen-bond donors (Lipinski definition) is 3. The van der Waals surface area contributed by atoms with Crippen molar-refractivity contribution in [2.75, 3.05) is 19.5 Å². The number of methoxy groups -OCH3 is 1. The standard InChI is InChI=1S/C17H17N3O3S/c1-18-15(21)11-7-3-5-9-13(11)19-17(24)20-16(22)12-8-4-6-10-14(12)23-2/h3-10H,1-2H3,(H,18,21)(H2,19,20,22,24). The number of rotatable bonds is 4. The van der Waals surface area contributed by atoms with E-state index in [1.54, 1.807) is 55.6 Å². The molecule has 0 aliphatic carbocycles. The van der Waals surface area contributed by atoms with Crippen molar-refractivity contribution in [2.24, 2.45) is 0 Å². The minimum Gasteiger partial charge on any atom is -0.496 e. The second kappa shape index (κ2) is 8.07. The third-order valence-corrected chi connectivity index (χ3v) is 3.43. The first kappa shape index (κ1) is 17.4. The summed E-state index contributed by atoms with van der Waals surface area (Å²) < 4.78 is 5.15. The van der Waals surface area contributed by atoms with Gasteiger partial charge in [0.25, 0.3) is 11.8 Å². The number of benzene rings is 2. The lowest BCUT2D eigenvalue weighted by Crippen LogP contribution is -2.35. The molecule has 2 aromatic carbocycles. The van der Waals surface area contributed by atoms with Gasteiger partial charge >= 0.3 is 0 Å². The molecule has 6 nitrogen and oxygen atoms in total. The average molecular weight is 343 g/mol. The summed E-state index contributed by atoms with van der Waals surface area (Å²) in [6.45, 7) is 0. The fourth-order valence-electron chi connectivity index (χ4n) is 2.08. The maximum Gasteiger partial charge on any atom is 0.261 e. The zero-order chi connectivity index (χ0) is 17.5. The van der Waals surface area contributed by atoms with Crippen molar-refractivity contribution < 1.29 is 14.3 Å². The second-order valence-corrected chi connectivity index (χ2v) is 5.14. The molecule has 124 valence electrons. The van der Waals surface area contributed by atoms with E-state index in [0.717, 1.165) is 0 Å². The molecule has 0 aliphatic rings. The van der Waals surface area contributed by atoms with Crippen LogP contribution in [0.5, 0.6) is 5.75 Å². The molecule has 2 amide bonds. The van der Waals surface area contributed by atoms with Gasteiger partial charge in [-0.2, -0.15) is 0 Å². The van der Waals surface area contributed by atoms with Gasteiger partial charge in [-0.3, -0.25) is 14.9 Å². The van der Waals surface area contributed by atoms with Crippen LogP contribution in [0.4, 0.5) is 5.69 Å². The number of amides is 2. The summed E-state index contributed by atoms with van der Waals surface area (Å²) in [6, 6.07) is 13.7. The fraction of sp³-hybridized carbons (Fsp3) is 0.118. The van der Waals surface area contributed by atoms with E-state index in [-0.39, 0.29) is 11.0 Å². The fourth-order valence-corrected chi connectivity index (χ4v) is 2.28. The number of thiocarbonyl (C=S) groups is 1. The number of para-hydroxylation sites is 2. The van der Waals surface area contributed by atoms with Crippen LogP contribution in [0.25, 0.3) is 0 Å². The number of carbonyl (C=O) groups excluding carboxylic acids is 2. The van der Waals surface area contributed by atoms with Crippen LogP contribution in [0.15, 0.2) is 48.5 Å². The van der Waals surface area contributed by atoms with Crippen molar-refractivity contribution in [3.63, 3.8) is 0 Å². The lowest BCUT2D eigenvalue weighted by atomic mass is 10.1. The predicted octanol–water partition coefficient (Wildman–Crippen LogP) is 2.18. The number of carbonyl (C=O) groups is 2. The summed E-state index contributed by atoms with van der Waals surface area (Å²) in [5.41, 5.74) is 1.29. The monoisotopic (exact) mass is 343 g/mol. The Hall–Kier alpha value is -2.93. The zero-order valence-electron chi connectivity index (χ0n) is 13.3. The van der Waals surface area contributed by atoms with E-state index < -0.39 is 5.91 Å². The van der Waals surface area contributed by atoms with Crippen LogP contribution >= 0.6 is 12.2 Å². The van der Waals surface area contributed by atoms with Gasteiger partial charge in [0.15, 0.2) is 5.11 Å². The van der Waals surface area contributed by atoms with Gasteiger partial charge in [0, 0.05) is 7.05 Å². The van der Waals surface area contributed by atoms with Crippen LogP contribution < -0.4 is 20.7 Å². The Balaban J connectivity index is 2.12. The Morgan fingerprint density at radius 3 is 2.25 bits per heavy atom. The van der Waals surface area contributed by atoms with Crippen molar-refractivity contribution >= 4 is 34.8 Å². The molecule has 0 saturated carbocycles. The van der Waals surface area contributed by atoms with Gasteiger partial charge in [0.05, 0.1) is 23.9 Å². The molecule has 0 atom stereocenters. The number of nitrogens with one attached hydrogen (secondary N) is 3. The number of ether oxygens (including phenoxy) is 1. The molecule has 24 heavy (non-hydrogen) atoms. The molecule has 0 aromatic heterocycles. The Labute approximate surface area is 145 Å². The minimum atomic E-state index is -0.401. The van der Waals surface area contributed by atoms with Crippen LogP contribution in [0.2, 0.25) is 0 Å². The van der Waals surface area contributed by atoms with Crippen molar-refractivity contribution in [1.82, 2.24) is 10.6 Å². The van der Waals surface area contributed by atoms with Gasteiger partial charge in [-0.1, -0.05) is 24.3 Å². The first-order valence-corrected chi connectivity index (χ1v) is 7.54. The van der Waals surface area contributed by atoms with Gasteiger partial charge in [0.2, 0.25) is 0 Å². The van der Waals surface area contributed by atoms with E-state index in [1.165, 1.54) is 7.11 Å². The molecular formula is C17H17N3O3S. The van der Waals surface area contributed by atoms with Crippen molar-refractivity contribution in [3.8, 4) is 5.75 Å². The van der Waals surface area contributed by atoms with E-state index in [4.69, 9.17) is 17.0 Å². The van der Waals surface area contributed by atoms with Crippen molar-refractivity contribution in [1.29, 1.82) is 0 Å². The minimum absolute atomic E-state index is 0.0854. The molecule has 0 spiro atoms. The molecule has 0 bridgehead atoms. The lowest BCUT2D eigenvalue weighted by Gasteiger charge is -2.13. The first-order chi connectivity index (χ1) is 11.6. The second-order valence-electron chi connectivity index (χ2n) is 4.73. The number of anilines is 1. The first-order valence-electron chi connectivity index (χ1n) is 7.13. The summed E-state index contributed by atoms with van der Waals surface area (Å²) in [5, 5.41) is 8.07. The van der Waals surface area contributed by atoms with Crippen molar-refractivity contribution in [3.05, 3.63) is 59.7 Å². The number of hydrogen-bond acceptors (Lipinski definition) is 4. The molecule has 0 heterocycles. The molecule has 0 unspecified atom stereocenters. The van der Waals surface area contributed by atoms with Crippen LogP contribution in [0.1, 0.15) is 20.7 Å². The van der Waals surface area contributed by atoms with Crippen LogP contribution in [0.3, 0.4) is 0 Å². The van der Waals surface area contributed by atoms with Gasteiger partial charge in [-0.05, 0) is 36.5 Å². The highest BCUT2D eigenvalue weighted by atomic mass is 32.1.